The van der Waals surface area contributed by atoms with E-state index < -0.39 is 12.0 Å². The Morgan fingerprint density at radius 2 is 2.00 bits per heavy atom. The van der Waals surface area contributed by atoms with E-state index in [-0.39, 0.29) is 18.2 Å². The van der Waals surface area contributed by atoms with Crippen LogP contribution in [-0.2, 0) is 16.0 Å². The number of aliphatic carboxylic acids is 1. The van der Waals surface area contributed by atoms with Crippen molar-refractivity contribution >= 4 is 23.5 Å². The normalized spacial score (nSPS) is 12.2. The van der Waals surface area contributed by atoms with Crippen molar-refractivity contribution in [3.8, 4) is 0 Å². The van der Waals surface area contributed by atoms with Crippen molar-refractivity contribution in [2.24, 2.45) is 5.92 Å². The molecule has 0 heterocycles. The largest absolute Gasteiger partial charge is 0.480 e. The molecule has 0 bridgehead atoms. The summed E-state index contributed by atoms with van der Waals surface area (Å²) < 4.78 is 0. The first-order chi connectivity index (χ1) is 9.29. The summed E-state index contributed by atoms with van der Waals surface area (Å²) in [5.74, 6) is -1.09. The van der Waals surface area contributed by atoms with Crippen LogP contribution in [0.3, 0.4) is 0 Å². The quantitative estimate of drug-likeness (QED) is 0.848. The molecule has 20 heavy (non-hydrogen) atoms. The maximum Gasteiger partial charge on any atom is 0.326 e. The van der Waals surface area contributed by atoms with E-state index in [1.807, 2.05) is 20.8 Å². The Bertz CT molecular complexity index is 500. The van der Waals surface area contributed by atoms with Crippen molar-refractivity contribution in [2.75, 3.05) is 0 Å². The molecule has 0 aliphatic carbocycles. The van der Waals surface area contributed by atoms with Gasteiger partial charge in [0.1, 0.15) is 6.04 Å². The van der Waals surface area contributed by atoms with E-state index in [1.165, 1.54) is 0 Å². The third-order valence-corrected chi connectivity index (χ3v) is 3.23. The number of aryl methyl sites for hydroxylation is 1. The fourth-order valence-corrected chi connectivity index (χ4v) is 2.20. The summed E-state index contributed by atoms with van der Waals surface area (Å²) >= 11 is 5.86. The van der Waals surface area contributed by atoms with E-state index >= 15 is 0 Å². The van der Waals surface area contributed by atoms with Crippen LogP contribution >= 0.6 is 11.6 Å². The number of carboxylic acid groups (broad SMARTS) is 1. The molecule has 4 nitrogen and oxygen atoms in total. The highest BCUT2D eigenvalue weighted by Crippen LogP contribution is 2.16. The fraction of sp³-hybridized carbons (Fsp3) is 0.467. The first-order valence-electron chi connectivity index (χ1n) is 6.56. The molecule has 1 rings (SSSR count). The topological polar surface area (TPSA) is 66.4 Å². The smallest absolute Gasteiger partial charge is 0.326 e. The zero-order chi connectivity index (χ0) is 15.3. The first-order valence-corrected chi connectivity index (χ1v) is 6.94. The maximum atomic E-state index is 11.9. The van der Waals surface area contributed by atoms with Gasteiger partial charge in [-0.15, -0.1) is 0 Å². The summed E-state index contributed by atoms with van der Waals surface area (Å²) in [6, 6.07) is 4.46. The van der Waals surface area contributed by atoms with Gasteiger partial charge in [0.15, 0.2) is 0 Å². The molecule has 5 heteroatoms. The van der Waals surface area contributed by atoms with Crippen LogP contribution in [0.1, 0.15) is 31.4 Å². The number of benzene rings is 1. The number of carboxylic acids is 1. The number of carbonyl (C=O) groups is 2. The van der Waals surface area contributed by atoms with Crippen LogP contribution in [0.25, 0.3) is 0 Å². The van der Waals surface area contributed by atoms with Crippen molar-refractivity contribution < 1.29 is 14.7 Å². The van der Waals surface area contributed by atoms with Crippen LogP contribution in [-0.4, -0.2) is 23.0 Å². The summed E-state index contributed by atoms with van der Waals surface area (Å²) in [4.78, 5) is 23.0. The van der Waals surface area contributed by atoms with Crippen LogP contribution < -0.4 is 5.32 Å². The van der Waals surface area contributed by atoms with Crippen molar-refractivity contribution in [2.45, 2.75) is 39.7 Å². The van der Waals surface area contributed by atoms with Crippen LogP contribution in [0.2, 0.25) is 5.02 Å². The van der Waals surface area contributed by atoms with Crippen molar-refractivity contribution in [3.63, 3.8) is 0 Å². The summed E-state index contributed by atoms with van der Waals surface area (Å²) in [7, 11) is 0. The molecule has 1 atom stereocenters. The van der Waals surface area contributed by atoms with Gasteiger partial charge in [0, 0.05) is 5.02 Å². The minimum Gasteiger partial charge on any atom is -0.480 e. The zero-order valence-electron chi connectivity index (χ0n) is 11.9. The maximum absolute atomic E-state index is 11.9. The second-order valence-electron chi connectivity index (χ2n) is 5.34. The van der Waals surface area contributed by atoms with E-state index in [2.05, 4.69) is 5.32 Å². The zero-order valence-corrected chi connectivity index (χ0v) is 12.7. The number of hydrogen-bond donors (Lipinski definition) is 2. The number of rotatable bonds is 6. The Morgan fingerprint density at radius 1 is 1.35 bits per heavy atom. The van der Waals surface area contributed by atoms with Crippen LogP contribution in [0.5, 0.6) is 0 Å². The lowest BCUT2D eigenvalue weighted by Crippen LogP contribution is -2.42. The van der Waals surface area contributed by atoms with Gasteiger partial charge in [0.05, 0.1) is 6.42 Å². The summed E-state index contributed by atoms with van der Waals surface area (Å²) in [5, 5.41) is 12.3. The second-order valence-corrected chi connectivity index (χ2v) is 5.77. The van der Waals surface area contributed by atoms with Crippen LogP contribution in [0.15, 0.2) is 18.2 Å². The summed E-state index contributed by atoms with van der Waals surface area (Å²) in [5.41, 5.74) is 1.77. The third kappa shape index (κ3) is 5.21. The molecule has 1 aromatic rings. The molecule has 0 spiro atoms. The molecule has 0 radical (unpaired) electrons. The number of halogens is 1. The molecule has 0 aromatic heterocycles. The Balaban J connectivity index is 2.68. The highest BCUT2D eigenvalue weighted by atomic mass is 35.5. The average Bonchev–Trinajstić information content (AvgIpc) is 2.31. The predicted octanol–water partition coefficient (Wildman–Crippen LogP) is 2.81. The number of amides is 1. The van der Waals surface area contributed by atoms with Gasteiger partial charge in [0.2, 0.25) is 5.91 Å². The Kier molecular flexibility index (Phi) is 6.02. The SMILES string of the molecule is Cc1cc(Cl)ccc1CC(=O)NC(CC(C)C)C(=O)O. The minimum absolute atomic E-state index is 0.158. The monoisotopic (exact) mass is 297 g/mol. The van der Waals surface area contributed by atoms with Gasteiger partial charge < -0.3 is 10.4 Å². The Labute approximate surface area is 124 Å². The molecular weight excluding hydrogens is 278 g/mol. The summed E-state index contributed by atoms with van der Waals surface area (Å²) in [6.07, 6.45) is 0.575. The highest BCUT2D eigenvalue weighted by molar-refractivity contribution is 6.30. The molecule has 0 saturated carbocycles. The lowest BCUT2D eigenvalue weighted by atomic mass is 10.0. The van der Waals surface area contributed by atoms with Crippen molar-refractivity contribution in [1.82, 2.24) is 5.32 Å². The first kappa shape index (κ1) is 16.5. The van der Waals surface area contributed by atoms with Gasteiger partial charge in [-0.05, 0) is 42.5 Å². The highest BCUT2D eigenvalue weighted by Gasteiger charge is 2.21. The van der Waals surface area contributed by atoms with E-state index in [1.54, 1.807) is 18.2 Å². The lowest BCUT2D eigenvalue weighted by Gasteiger charge is -2.16. The van der Waals surface area contributed by atoms with Gasteiger partial charge >= 0.3 is 5.97 Å². The summed E-state index contributed by atoms with van der Waals surface area (Å²) in [6.45, 7) is 5.72. The fourth-order valence-electron chi connectivity index (χ4n) is 1.97. The van der Waals surface area contributed by atoms with Crippen molar-refractivity contribution in [1.29, 1.82) is 0 Å². The van der Waals surface area contributed by atoms with E-state index in [9.17, 15) is 9.59 Å². The molecule has 0 saturated heterocycles. The third-order valence-electron chi connectivity index (χ3n) is 3.00. The standard InChI is InChI=1S/C15H20ClNO3/c1-9(2)6-13(15(19)20)17-14(18)8-11-4-5-12(16)7-10(11)3/h4-5,7,9,13H,6,8H2,1-3H3,(H,17,18)(H,19,20). The predicted molar refractivity (Wildman–Crippen MR) is 78.9 cm³/mol. The van der Waals surface area contributed by atoms with Gasteiger partial charge in [-0.3, -0.25) is 4.79 Å². The average molecular weight is 298 g/mol. The van der Waals surface area contributed by atoms with E-state index in [0.29, 0.717) is 11.4 Å². The van der Waals surface area contributed by atoms with Gasteiger partial charge in [-0.1, -0.05) is 31.5 Å². The van der Waals surface area contributed by atoms with E-state index in [4.69, 9.17) is 16.7 Å². The molecule has 110 valence electrons. The van der Waals surface area contributed by atoms with Gasteiger partial charge in [0.25, 0.3) is 0 Å². The number of nitrogens with one attached hydrogen (secondary N) is 1. The number of carbonyl (C=O) groups excluding carboxylic acids is 1. The van der Waals surface area contributed by atoms with Gasteiger partial charge in [-0.25, -0.2) is 4.79 Å². The minimum atomic E-state index is -1.00. The molecule has 1 unspecified atom stereocenters. The molecular formula is C15H20ClNO3. The molecule has 2 N–H and O–H groups in total. The van der Waals surface area contributed by atoms with E-state index in [0.717, 1.165) is 11.1 Å². The van der Waals surface area contributed by atoms with Crippen LogP contribution in [0, 0.1) is 12.8 Å². The van der Waals surface area contributed by atoms with Gasteiger partial charge in [-0.2, -0.15) is 0 Å². The number of hydrogen-bond acceptors (Lipinski definition) is 2. The van der Waals surface area contributed by atoms with Crippen molar-refractivity contribution in [3.05, 3.63) is 34.3 Å². The second kappa shape index (κ2) is 7.29. The molecule has 0 aliphatic heterocycles. The lowest BCUT2D eigenvalue weighted by molar-refractivity contribution is -0.142. The van der Waals surface area contributed by atoms with Crippen LogP contribution in [0.4, 0.5) is 0 Å². The Hall–Kier alpha value is -1.55. The molecule has 1 aromatic carbocycles. The molecule has 0 aliphatic rings. The molecule has 1 amide bonds. The molecule has 0 fully saturated rings. The Morgan fingerprint density at radius 3 is 2.50 bits per heavy atom.